The summed E-state index contributed by atoms with van der Waals surface area (Å²) >= 11 is 1.72. The predicted octanol–water partition coefficient (Wildman–Crippen LogP) is 4.72. The lowest BCUT2D eigenvalue weighted by molar-refractivity contribution is 0.318. The molecule has 0 amide bonds. The summed E-state index contributed by atoms with van der Waals surface area (Å²) < 4.78 is 8.17. The van der Waals surface area contributed by atoms with Crippen LogP contribution in [0.1, 0.15) is 11.1 Å². The SMILES string of the molecule is Cc1cc(C)c2c(c1)SN(c1cccc3cccnc13)CO2. The summed E-state index contributed by atoms with van der Waals surface area (Å²) in [6.07, 6.45) is 1.84. The van der Waals surface area contributed by atoms with Crippen molar-refractivity contribution in [3.05, 3.63) is 59.8 Å². The topological polar surface area (TPSA) is 25.4 Å². The average Bonchev–Trinajstić information content (AvgIpc) is 2.53. The van der Waals surface area contributed by atoms with Crippen LogP contribution in [-0.4, -0.2) is 11.7 Å². The Hall–Kier alpha value is -2.20. The molecule has 4 heteroatoms. The molecule has 110 valence electrons. The van der Waals surface area contributed by atoms with Crippen LogP contribution in [0.3, 0.4) is 0 Å². The van der Waals surface area contributed by atoms with Crippen molar-refractivity contribution in [2.45, 2.75) is 18.7 Å². The van der Waals surface area contributed by atoms with Crippen LogP contribution in [-0.2, 0) is 0 Å². The predicted molar refractivity (Wildman–Crippen MR) is 91.5 cm³/mol. The number of hydrogen-bond acceptors (Lipinski definition) is 4. The first-order valence-corrected chi connectivity index (χ1v) is 8.03. The number of aryl methyl sites for hydroxylation is 2. The molecule has 2 heterocycles. The van der Waals surface area contributed by atoms with Crippen LogP contribution >= 0.6 is 11.9 Å². The normalized spacial score (nSPS) is 13.8. The van der Waals surface area contributed by atoms with Gasteiger partial charge in [-0.1, -0.05) is 24.3 Å². The Balaban J connectivity index is 1.78. The third-order valence-electron chi connectivity index (χ3n) is 3.80. The van der Waals surface area contributed by atoms with Gasteiger partial charge in [0.25, 0.3) is 0 Å². The van der Waals surface area contributed by atoms with Crippen molar-refractivity contribution in [3.8, 4) is 5.75 Å². The number of ether oxygens (including phenoxy) is 1. The molecule has 2 aromatic carbocycles. The summed E-state index contributed by atoms with van der Waals surface area (Å²) in [4.78, 5) is 5.70. The van der Waals surface area contributed by atoms with Gasteiger partial charge in [-0.05, 0) is 55.1 Å². The molecule has 3 aromatic rings. The second-order valence-electron chi connectivity index (χ2n) is 5.50. The van der Waals surface area contributed by atoms with E-state index < -0.39 is 0 Å². The molecular formula is C18H16N2OS. The minimum absolute atomic E-state index is 0.525. The Morgan fingerprint density at radius 2 is 2.00 bits per heavy atom. The zero-order valence-corrected chi connectivity index (χ0v) is 13.4. The van der Waals surface area contributed by atoms with Gasteiger partial charge in [-0.25, -0.2) is 0 Å². The second kappa shape index (κ2) is 5.21. The third-order valence-corrected chi connectivity index (χ3v) is 4.82. The van der Waals surface area contributed by atoms with E-state index in [0.717, 1.165) is 27.2 Å². The molecule has 0 saturated heterocycles. The summed E-state index contributed by atoms with van der Waals surface area (Å²) in [5, 5.41) is 1.15. The van der Waals surface area contributed by atoms with E-state index in [2.05, 4.69) is 59.5 Å². The number of aromatic nitrogens is 1. The van der Waals surface area contributed by atoms with Gasteiger partial charge >= 0.3 is 0 Å². The highest BCUT2D eigenvalue weighted by molar-refractivity contribution is 8.00. The maximum Gasteiger partial charge on any atom is 0.171 e. The van der Waals surface area contributed by atoms with Crippen molar-refractivity contribution in [1.82, 2.24) is 4.98 Å². The fraction of sp³-hybridized carbons (Fsp3) is 0.167. The van der Waals surface area contributed by atoms with Gasteiger partial charge in [-0.3, -0.25) is 9.29 Å². The molecule has 0 spiro atoms. The van der Waals surface area contributed by atoms with Gasteiger partial charge in [0, 0.05) is 11.6 Å². The zero-order chi connectivity index (χ0) is 15.1. The van der Waals surface area contributed by atoms with Crippen LogP contribution in [0.5, 0.6) is 5.75 Å². The maximum atomic E-state index is 6.00. The van der Waals surface area contributed by atoms with Crippen molar-refractivity contribution >= 4 is 28.5 Å². The van der Waals surface area contributed by atoms with Crippen LogP contribution in [0, 0.1) is 13.8 Å². The van der Waals surface area contributed by atoms with Crippen LogP contribution in [0.15, 0.2) is 53.6 Å². The minimum atomic E-state index is 0.525. The van der Waals surface area contributed by atoms with E-state index in [1.165, 1.54) is 11.1 Å². The lowest BCUT2D eigenvalue weighted by atomic mass is 10.1. The standard InChI is InChI=1S/C18H16N2OS/c1-12-9-13(2)18-16(10-12)22-20(11-21-18)15-7-3-5-14-6-4-8-19-17(14)15/h3-10H,11H2,1-2H3. The summed E-state index contributed by atoms with van der Waals surface area (Å²) in [6.45, 7) is 4.74. The molecule has 1 aliphatic rings. The summed E-state index contributed by atoms with van der Waals surface area (Å²) in [5.74, 6) is 1.00. The fourth-order valence-electron chi connectivity index (χ4n) is 2.84. The smallest absolute Gasteiger partial charge is 0.171 e. The van der Waals surface area contributed by atoms with Gasteiger partial charge in [0.2, 0.25) is 0 Å². The van der Waals surface area contributed by atoms with Crippen LogP contribution in [0.2, 0.25) is 0 Å². The molecular weight excluding hydrogens is 292 g/mol. The number of benzene rings is 2. The Kier molecular flexibility index (Phi) is 3.19. The molecule has 0 unspecified atom stereocenters. The van der Waals surface area contributed by atoms with Gasteiger partial charge in [-0.15, -0.1) is 0 Å². The van der Waals surface area contributed by atoms with Gasteiger partial charge in [-0.2, -0.15) is 0 Å². The fourth-order valence-corrected chi connectivity index (χ4v) is 3.97. The number of fused-ring (bicyclic) bond motifs is 2. The number of nitrogens with zero attached hydrogens (tertiary/aromatic N) is 2. The van der Waals surface area contributed by atoms with E-state index >= 15 is 0 Å². The highest BCUT2D eigenvalue weighted by Crippen LogP contribution is 2.42. The van der Waals surface area contributed by atoms with Crippen molar-refractivity contribution in [2.24, 2.45) is 0 Å². The lowest BCUT2D eigenvalue weighted by Crippen LogP contribution is -2.25. The zero-order valence-electron chi connectivity index (χ0n) is 12.5. The van der Waals surface area contributed by atoms with Crippen LogP contribution < -0.4 is 9.04 Å². The van der Waals surface area contributed by atoms with E-state index in [1.807, 2.05) is 12.3 Å². The third kappa shape index (κ3) is 2.20. The van der Waals surface area contributed by atoms with E-state index in [9.17, 15) is 0 Å². The number of rotatable bonds is 1. The quantitative estimate of drug-likeness (QED) is 0.608. The maximum absolute atomic E-state index is 6.00. The molecule has 3 nitrogen and oxygen atoms in total. The summed E-state index contributed by atoms with van der Waals surface area (Å²) in [7, 11) is 0. The average molecular weight is 308 g/mol. The van der Waals surface area contributed by atoms with Gasteiger partial charge in [0.05, 0.1) is 16.1 Å². The Morgan fingerprint density at radius 1 is 1.14 bits per heavy atom. The van der Waals surface area contributed by atoms with Crippen LogP contribution in [0.4, 0.5) is 5.69 Å². The number of para-hydroxylation sites is 1. The minimum Gasteiger partial charge on any atom is -0.471 e. The second-order valence-corrected chi connectivity index (χ2v) is 6.57. The molecule has 22 heavy (non-hydrogen) atoms. The largest absolute Gasteiger partial charge is 0.471 e. The Bertz CT molecular complexity index is 858. The van der Waals surface area contributed by atoms with Gasteiger partial charge in [0.15, 0.2) is 6.73 Å². The molecule has 1 aromatic heterocycles. The molecule has 1 aliphatic heterocycles. The Morgan fingerprint density at radius 3 is 2.91 bits per heavy atom. The van der Waals surface area contributed by atoms with Crippen molar-refractivity contribution in [2.75, 3.05) is 11.0 Å². The monoisotopic (exact) mass is 308 g/mol. The lowest BCUT2D eigenvalue weighted by Gasteiger charge is -2.30. The molecule has 0 bridgehead atoms. The first-order valence-electron chi connectivity index (χ1n) is 7.26. The van der Waals surface area contributed by atoms with Crippen molar-refractivity contribution in [3.63, 3.8) is 0 Å². The van der Waals surface area contributed by atoms with Gasteiger partial charge in [0.1, 0.15) is 5.75 Å². The number of anilines is 1. The molecule has 0 atom stereocenters. The molecule has 4 rings (SSSR count). The molecule has 0 saturated carbocycles. The highest BCUT2D eigenvalue weighted by atomic mass is 32.2. The van der Waals surface area contributed by atoms with E-state index in [-0.39, 0.29) is 0 Å². The summed E-state index contributed by atoms with van der Waals surface area (Å²) in [6, 6.07) is 14.6. The summed E-state index contributed by atoms with van der Waals surface area (Å²) in [5.41, 5.74) is 4.55. The van der Waals surface area contributed by atoms with E-state index in [0.29, 0.717) is 6.73 Å². The number of hydrogen-bond donors (Lipinski definition) is 0. The van der Waals surface area contributed by atoms with Crippen molar-refractivity contribution < 1.29 is 4.74 Å². The Labute approximate surface area is 134 Å². The van der Waals surface area contributed by atoms with E-state index in [1.54, 1.807) is 11.9 Å². The molecule has 0 N–H and O–H groups in total. The first-order chi connectivity index (χ1) is 10.7. The molecule has 0 aliphatic carbocycles. The first kappa shape index (κ1) is 13.5. The highest BCUT2D eigenvalue weighted by Gasteiger charge is 2.22. The molecule has 0 radical (unpaired) electrons. The van der Waals surface area contributed by atoms with Crippen LogP contribution in [0.25, 0.3) is 10.9 Å². The van der Waals surface area contributed by atoms with Gasteiger partial charge < -0.3 is 4.74 Å². The molecule has 0 fully saturated rings. The van der Waals surface area contributed by atoms with Crippen molar-refractivity contribution in [1.29, 1.82) is 0 Å². The van der Waals surface area contributed by atoms with E-state index in [4.69, 9.17) is 4.74 Å². The number of pyridine rings is 1.